The van der Waals surface area contributed by atoms with Crippen molar-refractivity contribution in [2.24, 2.45) is 0 Å². The number of fused-ring (bicyclic) bond motifs is 1. The highest BCUT2D eigenvalue weighted by atomic mass is 35.5. The molecule has 0 fully saturated rings. The molecule has 4 rings (SSSR count). The minimum atomic E-state index is -2.20. The van der Waals surface area contributed by atoms with Gasteiger partial charge in [0.2, 0.25) is 0 Å². The first kappa shape index (κ1) is 20.5. The van der Waals surface area contributed by atoms with Gasteiger partial charge < -0.3 is 14.1 Å². The monoisotopic (exact) mass is 441 g/mol. The summed E-state index contributed by atoms with van der Waals surface area (Å²) in [5, 5.41) is -0.0179. The maximum absolute atomic E-state index is 14.2. The zero-order valence-electron chi connectivity index (χ0n) is 15.5. The number of aldehydes is 1. The molecular formula is C23H15ClFO4S-. The summed E-state index contributed by atoms with van der Waals surface area (Å²) in [7, 11) is 0. The van der Waals surface area contributed by atoms with Crippen molar-refractivity contribution in [3.8, 4) is 5.75 Å². The molecular weight excluding hydrogens is 427 g/mol. The van der Waals surface area contributed by atoms with Gasteiger partial charge in [0, 0.05) is 22.5 Å². The largest absolute Gasteiger partial charge is 0.772 e. The molecule has 0 saturated heterocycles. The van der Waals surface area contributed by atoms with Crippen LogP contribution < -0.4 is 4.74 Å². The van der Waals surface area contributed by atoms with Gasteiger partial charge in [0.15, 0.2) is 0 Å². The van der Waals surface area contributed by atoms with E-state index in [1.54, 1.807) is 48.5 Å². The lowest BCUT2D eigenvalue weighted by Crippen LogP contribution is -2.16. The standard InChI is InChI=1S/C23H16ClFO4S/c24-19-10-9-16(11-20(19)25)22-18(12-26)17-3-1-2-4-21(17)29-23(22)15-7-5-14(6-8-15)13-30(27)28/h1-12,18H,13H2,(H,27,28)/p-1. The zero-order chi connectivity index (χ0) is 21.3. The number of halogens is 2. The van der Waals surface area contributed by atoms with Crippen LogP contribution >= 0.6 is 11.6 Å². The van der Waals surface area contributed by atoms with E-state index in [-0.39, 0.29) is 10.8 Å². The van der Waals surface area contributed by atoms with E-state index in [1.807, 2.05) is 6.07 Å². The zero-order valence-corrected chi connectivity index (χ0v) is 17.1. The lowest BCUT2D eigenvalue weighted by molar-refractivity contribution is -0.108. The number of carbonyl (C=O) groups is 1. The van der Waals surface area contributed by atoms with E-state index >= 15 is 0 Å². The molecule has 0 saturated carbocycles. The SMILES string of the molecule is O=CC1C(c2ccc(Cl)c(F)c2)=C(c2ccc(CS(=O)[O-])cc2)Oc2ccccc21. The maximum Gasteiger partial charge on any atom is 0.142 e. The molecule has 7 heteroatoms. The van der Waals surface area contributed by atoms with Gasteiger partial charge in [0.05, 0.1) is 10.9 Å². The molecule has 2 unspecified atom stereocenters. The summed E-state index contributed by atoms with van der Waals surface area (Å²) in [6.07, 6.45) is 0.804. The molecule has 0 radical (unpaired) electrons. The Morgan fingerprint density at radius 1 is 1.07 bits per heavy atom. The molecule has 0 bridgehead atoms. The van der Waals surface area contributed by atoms with Gasteiger partial charge in [-0.1, -0.05) is 71.2 Å². The topological polar surface area (TPSA) is 66.4 Å². The molecule has 3 aromatic carbocycles. The van der Waals surface area contributed by atoms with Crippen LogP contribution in [0.3, 0.4) is 0 Å². The predicted molar refractivity (Wildman–Crippen MR) is 113 cm³/mol. The Morgan fingerprint density at radius 2 is 1.77 bits per heavy atom. The predicted octanol–water partition coefficient (Wildman–Crippen LogP) is 5.10. The number of carbonyl (C=O) groups excluding carboxylic acids is 1. The second-order valence-corrected chi connectivity index (χ2v) is 8.07. The van der Waals surface area contributed by atoms with E-state index in [0.717, 1.165) is 6.29 Å². The first-order chi connectivity index (χ1) is 14.5. The molecule has 1 heterocycles. The van der Waals surface area contributed by atoms with E-state index in [0.29, 0.717) is 39.3 Å². The van der Waals surface area contributed by atoms with E-state index in [1.165, 1.54) is 12.1 Å². The Labute approximate surface area is 180 Å². The van der Waals surface area contributed by atoms with Gasteiger partial charge in [0.1, 0.15) is 23.6 Å². The minimum Gasteiger partial charge on any atom is -0.772 e. The number of ether oxygens (including phenoxy) is 1. The lowest BCUT2D eigenvalue weighted by Gasteiger charge is -2.28. The number of allylic oxidation sites excluding steroid dienone is 1. The molecule has 0 amide bonds. The second kappa shape index (κ2) is 8.52. The van der Waals surface area contributed by atoms with Crippen LogP contribution in [0.25, 0.3) is 11.3 Å². The Balaban J connectivity index is 1.91. The second-order valence-electron chi connectivity index (χ2n) is 6.77. The molecule has 1 aliphatic heterocycles. The third kappa shape index (κ3) is 3.94. The summed E-state index contributed by atoms with van der Waals surface area (Å²) in [6, 6.07) is 18.3. The van der Waals surface area contributed by atoms with Crippen LogP contribution in [-0.4, -0.2) is 15.0 Å². The van der Waals surface area contributed by atoms with Crippen molar-refractivity contribution in [3.63, 3.8) is 0 Å². The van der Waals surface area contributed by atoms with Crippen LogP contribution in [0.4, 0.5) is 4.39 Å². The summed E-state index contributed by atoms with van der Waals surface area (Å²) in [5.74, 6) is -0.429. The van der Waals surface area contributed by atoms with Gasteiger partial charge in [-0.15, -0.1) is 0 Å². The molecule has 30 heavy (non-hydrogen) atoms. The molecule has 4 nitrogen and oxygen atoms in total. The van der Waals surface area contributed by atoms with Gasteiger partial charge in [-0.25, -0.2) is 4.39 Å². The van der Waals surface area contributed by atoms with Crippen molar-refractivity contribution in [3.05, 3.63) is 99.8 Å². The maximum atomic E-state index is 14.2. The molecule has 1 aliphatic rings. The third-order valence-electron chi connectivity index (χ3n) is 4.89. The molecule has 2 atom stereocenters. The summed E-state index contributed by atoms with van der Waals surface area (Å²) >= 11 is 3.64. The highest BCUT2D eigenvalue weighted by Gasteiger charge is 2.31. The fourth-order valence-electron chi connectivity index (χ4n) is 3.51. The van der Waals surface area contributed by atoms with Crippen LogP contribution in [0.15, 0.2) is 66.7 Å². The molecule has 0 N–H and O–H groups in total. The summed E-state index contributed by atoms with van der Waals surface area (Å²) in [5.41, 5.74) is 2.93. The van der Waals surface area contributed by atoms with E-state index in [2.05, 4.69) is 0 Å². The Morgan fingerprint density at radius 3 is 2.43 bits per heavy atom. The third-order valence-corrected chi connectivity index (χ3v) is 5.76. The Kier molecular flexibility index (Phi) is 5.81. The minimum absolute atomic E-state index is 0.0179. The summed E-state index contributed by atoms with van der Waals surface area (Å²) < 4.78 is 42.3. The molecule has 0 aromatic heterocycles. The highest BCUT2D eigenvalue weighted by molar-refractivity contribution is 7.78. The van der Waals surface area contributed by atoms with Crippen LogP contribution in [0, 0.1) is 5.82 Å². The van der Waals surface area contributed by atoms with Crippen molar-refractivity contribution in [1.29, 1.82) is 0 Å². The van der Waals surface area contributed by atoms with Crippen LogP contribution in [0.2, 0.25) is 5.02 Å². The quantitative estimate of drug-likeness (QED) is 0.408. The van der Waals surface area contributed by atoms with Crippen molar-refractivity contribution < 1.29 is 22.7 Å². The first-order valence-corrected chi connectivity index (χ1v) is 10.7. The average Bonchev–Trinajstić information content (AvgIpc) is 2.74. The van der Waals surface area contributed by atoms with Crippen LogP contribution in [0.1, 0.15) is 28.2 Å². The summed E-state index contributed by atoms with van der Waals surface area (Å²) in [4.78, 5) is 12.1. The van der Waals surface area contributed by atoms with Gasteiger partial charge >= 0.3 is 0 Å². The Bertz CT molecular complexity index is 1170. The molecule has 0 spiro atoms. The fraction of sp³-hybridized carbons (Fsp3) is 0.0870. The smallest absolute Gasteiger partial charge is 0.142 e. The number of benzene rings is 3. The van der Waals surface area contributed by atoms with Crippen LogP contribution in [0.5, 0.6) is 5.75 Å². The number of rotatable bonds is 5. The average molecular weight is 442 g/mol. The highest BCUT2D eigenvalue weighted by Crippen LogP contribution is 2.46. The van der Waals surface area contributed by atoms with E-state index in [9.17, 15) is 17.9 Å². The van der Waals surface area contributed by atoms with Crippen LogP contribution in [-0.2, 0) is 21.6 Å². The number of hydrogen-bond acceptors (Lipinski definition) is 4. The summed E-state index contributed by atoms with van der Waals surface area (Å²) in [6.45, 7) is 0. The molecule has 0 aliphatic carbocycles. The number of hydrogen-bond donors (Lipinski definition) is 0. The van der Waals surface area contributed by atoms with E-state index < -0.39 is 22.8 Å². The van der Waals surface area contributed by atoms with Gasteiger partial charge in [0.25, 0.3) is 0 Å². The lowest BCUT2D eigenvalue weighted by atomic mass is 9.83. The molecule has 152 valence electrons. The van der Waals surface area contributed by atoms with Crippen molar-refractivity contribution >= 4 is 40.3 Å². The Hall–Kier alpha value is -2.80. The van der Waals surface area contributed by atoms with Crippen molar-refractivity contribution in [2.45, 2.75) is 11.7 Å². The fourth-order valence-corrected chi connectivity index (χ4v) is 4.09. The van der Waals surface area contributed by atoms with Gasteiger partial charge in [-0.05, 0) is 29.3 Å². The van der Waals surface area contributed by atoms with Gasteiger partial charge in [-0.3, -0.25) is 4.21 Å². The van der Waals surface area contributed by atoms with E-state index in [4.69, 9.17) is 16.3 Å². The normalized spacial score (nSPS) is 16.6. The van der Waals surface area contributed by atoms with Gasteiger partial charge in [-0.2, -0.15) is 0 Å². The number of para-hydroxylation sites is 1. The van der Waals surface area contributed by atoms with Crippen molar-refractivity contribution in [2.75, 3.05) is 0 Å². The first-order valence-electron chi connectivity index (χ1n) is 9.04. The molecule has 3 aromatic rings. The van der Waals surface area contributed by atoms with Crippen molar-refractivity contribution in [1.82, 2.24) is 0 Å².